The molecule has 12 heteroatoms. The minimum atomic E-state index is -4.40. The molecule has 0 saturated carbocycles. The fraction of sp³-hybridized carbons (Fsp3) is 0.176. The number of carbonyl (C=O) groups is 2. The lowest BCUT2D eigenvalue weighted by Gasteiger charge is -2.24. The summed E-state index contributed by atoms with van der Waals surface area (Å²) in [5.41, 5.74) is -0.479. The molecule has 2 aromatic rings. The largest absolute Gasteiger partial charge is 0.468 e. The number of rotatable bonds is 7. The lowest BCUT2D eigenvalue weighted by Crippen LogP contribution is -2.36. The van der Waals surface area contributed by atoms with Crippen molar-refractivity contribution in [2.75, 3.05) is 25.1 Å². The van der Waals surface area contributed by atoms with Crippen LogP contribution in [0.3, 0.4) is 0 Å². The number of esters is 2. The number of carbonyl (C=O) groups excluding carboxylic acids is 2. The van der Waals surface area contributed by atoms with Crippen LogP contribution in [0.5, 0.6) is 0 Å². The first-order valence-corrected chi connectivity index (χ1v) is 9.65. The number of sulfonamides is 1. The van der Waals surface area contributed by atoms with Gasteiger partial charge < -0.3 is 9.47 Å². The number of non-ortho nitro benzene ring substituents is 1. The molecule has 2 aromatic carbocycles. The highest BCUT2D eigenvalue weighted by Crippen LogP contribution is 2.32. The van der Waals surface area contributed by atoms with E-state index in [2.05, 4.69) is 9.47 Å². The van der Waals surface area contributed by atoms with Crippen molar-refractivity contribution in [2.24, 2.45) is 0 Å². The molecule has 2 rings (SSSR count). The molecule has 0 amide bonds. The molecule has 0 aliphatic carbocycles. The Kier molecular flexibility index (Phi) is 6.77. The van der Waals surface area contributed by atoms with E-state index >= 15 is 0 Å². The second-order valence-electron chi connectivity index (χ2n) is 5.50. The van der Waals surface area contributed by atoms with Crippen LogP contribution in [-0.4, -0.2) is 46.0 Å². The first-order chi connectivity index (χ1) is 13.6. The van der Waals surface area contributed by atoms with Crippen LogP contribution in [0.4, 0.5) is 11.4 Å². The molecule has 0 spiro atoms. The maximum absolute atomic E-state index is 13.1. The predicted molar refractivity (Wildman–Crippen MR) is 102 cm³/mol. The Hall–Kier alpha value is -3.18. The lowest BCUT2D eigenvalue weighted by atomic mass is 10.2. The summed E-state index contributed by atoms with van der Waals surface area (Å²) in [6.45, 7) is -0.750. The molecule has 0 radical (unpaired) electrons. The molecule has 0 N–H and O–H groups in total. The summed E-state index contributed by atoms with van der Waals surface area (Å²) in [7, 11) is -2.18. The summed E-state index contributed by atoms with van der Waals surface area (Å²) in [4.78, 5) is 33.5. The summed E-state index contributed by atoms with van der Waals surface area (Å²) < 4.78 is 36.1. The van der Waals surface area contributed by atoms with Gasteiger partial charge in [0, 0.05) is 12.1 Å². The third-order valence-corrected chi connectivity index (χ3v) is 5.87. The molecule has 0 fully saturated rings. The molecular weight excluding hydrogens is 428 g/mol. The van der Waals surface area contributed by atoms with Gasteiger partial charge >= 0.3 is 11.9 Å². The van der Waals surface area contributed by atoms with E-state index in [-0.39, 0.29) is 26.9 Å². The van der Waals surface area contributed by atoms with E-state index in [0.717, 1.165) is 44.6 Å². The molecule has 154 valence electrons. The van der Waals surface area contributed by atoms with Crippen LogP contribution in [0, 0.1) is 10.1 Å². The highest BCUT2D eigenvalue weighted by molar-refractivity contribution is 7.92. The van der Waals surface area contributed by atoms with Crippen LogP contribution in [-0.2, 0) is 24.3 Å². The van der Waals surface area contributed by atoms with Crippen LogP contribution in [0.1, 0.15) is 10.4 Å². The Morgan fingerprint density at radius 3 is 2.24 bits per heavy atom. The Morgan fingerprint density at radius 1 is 1.10 bits per heavy atom. The maximum atomic E-state index is 13.1. The smallest absolute Gasteiger partial charge is 0.337 e. The van der Waals surface area contributed by atoms with Gasteiger partial charge in [-0.2, -0.15) is 0 Å². The normalized spacial score (nSPS) is 10.9. The Labute approximate surface area is 170 Å². The van der Waals surface area contributed by atoms with E-state index in [9.17, 15) is 28.1 Å². The van der Waals surface area contributed by atoms with E-state index in [1.54, 1.807) is 0 Å². The zero-order valence-electron chi connectivity index (χ0n) is 15.2. The summed E-state index contributed by atoms with van der Waals surface area (Å²) in [6.07, 6.45) is 0. The number of hydrogen-bond acceptors (Lipinski definition) is 8. The van der Waals surface area contributed by atoms with Gasteiger partial charge in [0.15, 0.2) is 0 Å². The van der Waals surface area contributed by atoms with E-state index in [0.29, 0.717) is 4.31 Å². The van der Waals surface area contributed by atoms with Crippen molar-refractivity contribution in [3.63, 3.8) is 0 Å². The van der Waals surface area contributed by atoms with Gasteiger partial charge in [0.1, 0.15) is 6.54 Å². The average molecular weight is 443 g/mol. The van der Waals surface area contributed by atoms with Crippen molar-refractivity contribution in [1.82, 2.24) is 0 Å². The summed E-state index contributed by atoms with van der Waals surface area (Å²) in [5, 5.41) is 10.7. The highest BCUT2D eigenvalue weighted by atomic mass is 35.5. The molecule has 0 atom stereocenters. The third kappa shape index (κ3) is 4.81. The standard InChI is InChI=1S/C17H15ClN2O8S/c1-27-16(21)10-19(15-9-11(17(22)28-2)3-8-14(15)18)29(25,26)13-6-4-12(5-7-13)20(23)24/h3-9H,10H2,1-2H3. The highest BCUT2D eigenvalue weighted by Gasteiger charge is 2.30. The van der Waals surface area contributed by atoms with Gasteiger partial charge in [-0.3, -0.25) is 19.2 Å². The number of methoxy groups -OCH3 is 2. The summed E-state index contributed by atoms with van der Waals surface area (Å²) in [5.74, 6) is -1.64. The number of anilines is 1. The zero-order valence-corrected chi connectivity index (χ0v) is 16.8. The van der Waals surface area contributed by atoms with Gasteiger partial charge in [-0.05, 0) is 30.3 Å². The van der Waals surface area contributed by atoms with Gasteiger partial charge in [0.2, 0.25) is 0 Å². The topological polar surface area (TPSA) is 133 Å². The molecule has 0 aromatic heterocycles. The van der Waals surface area contributed by atoms with E-state index in [4.69, 9.17) is 11.6 Å². The van der Waals surface area contributed by atoms with Gasteiger partial charge in [0.05, 0.1) is 40.3 Å². The van der Waals surface area contributed by atoms with Gasteiger partial charge in [0.25, 0.3) is 15.7 Å². The molecule has 0 saturated heterocycles. The molecule has 0 aliphatic rings. The van der Waals surface area contributed by atoms with Crippen LogP contribution in [0.2, 0.25) is 5.02 Å². The van der Waals surface area contributed by atoms with Crippen molar-refractivity contribution in [3.05, 3.63) is 63.2 Å². The minimum Gasteiger partial charge on any atom is -0.468 e. The van der Waals surface area contributed by atoms with Crippen LogP contribution >= 0.6 is 11.6 Å². The van der Waals surface area contributed by atoms with Crippen molar-refractivity contribution in [1.29, 1.82) is 0 Å². The number of halogens is 1. The number of benzene rings is 2. The van der Waals surface area contributed by atoms with Crippen LogP contribution < -0.4 is 4.31 Å². The summed E-state index contributed by atoms with van der Waals surface area (Å²) in [6, 6.07) is 7.82. The number of nitro groups is 1. The van der Waals surface area contributed by atoms with Crippen LogP contribution in [0.25, 0.3) is 0 Å². The number of ether oxygens (including phenoxy) is 2. The number of nitrogens with zero attached hydrogens (tertiary/aromatic N) is 2. The molecule has 29 heavy (non-hydrogen) atoms. The minimum absolute atomic E-state index is 0.000616. The first kappa shape index (κ1) is 22.1. The average Bonchev–Trinajstić information content (AvgIpc) is 2.71. The molecule has 0 heterocycles. The van der Waals surface area contributed by atoms with E-state index < -0.39 is 33.4 Å². The quantitative estimate of drug-likeness (QED) is 0.362. The van der Waals surface area contributed by atoms with Gasteiger partial charge in [-0.1, -0.05) is 11.6 Å². The Balaban J connectivity index is 2.62. The lowest BCUT2D eigenvalue weighted by molar-refractivity contribution is -0.384. The maximum Gasteiger partial charge on any atom is 0.337 e. The molecular formula is C17H15ClN2O8S. The zero-order chi connectivity index (χ0) is 21.8. The fourth-order valence-electron chi connectivity index (χ4n) is 2.30. The van der Waals surface area contributed by atoms with E-state index in [1.165, 1.54) is 12.1 Å². The fourth-order valence-corrected chi connectivity index (χ4v) is 3.99. The third-order valence-electron chi connectivity index (χ3n) is 3.77. The van der Waals surface area contributed by atoms with Crippen LogP contribution in [0.15, 0.2) is 47.4 Å². The first-order valence-electron chi connectivity index (χ1n) is 7.83. The van der Waals surface area contributed by atoms with Crippen molar-refractivity contribution < 1.29 is 32.4 Å². The second-order valence-corrected chi connectivity index (χ2v) is 7.77. The van der Waals surface area contributed by atoms with Crippen molar-refractivity contribution in [3.8, 4) is 0 Å². The number of hydrogen-bond donors (Lipinski definition) is 0. The molecule has 0 unspecified atom stereocenters. The van der Waals surface area contributed by atoms with Gasteiger partial charge in [-0.25, -0.2) is 13.2 Å². The molecule has 10 nitrogen and oxygen atoms in total. The Morgan fingerprint density at radius 2 is 1.72 bits per heavy atom. The SMILES string of the molecule is COC(=O)CN(c1cc(C(=O)OC)ccc1Cl)S(=O)(=O)c1ccc([N+](=O)[O-])cc1. The molecule has 0 bridgehead atoms. The number of nitro benzene ring substituents is 1. The predicted octanol–water partition coefficient (Wildman–Crippen LogP) is 2.40. The Bertz CT molecular complexity index is 1050. The van der Waals surface area contributed by atoms with Crippen molar-refractivity contribution >= 4 is 44.9 Å². The second kappa shape index (κ2) is 8.88. The van der Waals surface area contributed by atoms with Gasteiger partial charge in [-0.15, -0.1) is 0 Å². The molecule has 0 aliphatic heterocycles. The summed E-state index contributed by atoms with van der Waals surface area (Å²) >= 11 is 6.13. The van der Waals surface area contributed by atoms with Crippen molar-refractivity contribution in [2.45, 2.75) is 4.90 Å². The monoisotopic (exact) mass is 442 g/mol. The van der Waals surface area contributed by atoms with E-state index in [1.807, 2.05) is 0 Å².